The molecule has 2 unspecified atom stereocenters. The Labute approximate surface area is 104 Å². The lowest BCUT2D eigenvalue weighted by Crippen LogP contribution is -2.42. The fourth-order valence-electron chi connectivity index (χ4n) is 2.83. The summed E-state index contributed by atoms with van der Waals surface area (Å²) in [7, 11) is 0. The van der Waals surface area contributed by atoms with Crippen LogP contribution in [0.3, 0.4) is 0 Å². The second-order valence-corrected chi connectivity index (χ2v) is 5.47. The second-order valence-electron chi connectivity index (χ2n) is 5.47. The van der Waals surface area contributed by atoms with Gasteiger partial charge in [0, 0.05) is 19.6 Å². The van der Waals surface area contributed by atoms with E-state index in [1.807, 2.05) is 11.8 Å². The summed E-state index contributed by atoms with van der Waals surface area (Å²) in [5, 5.41) is 9.53. The summed E-state index contributed by atoms with van der Waals surface area (Å²) in [4.78, 5) is 16.2. The van der Waals surface area contributed by atoms with Crippen LogP contribution in [0.4, 0.5) is 0 Å². The van der Waals surface area contributed by atoms with Crippen molar-refractivity contribution in [1.82, 2.24) is 9.80 Å². The molecule has 2 fully saturated rings. The van der Waals surface area contributed by atoms with E-state index < -0.39 is 0 Å². The molecule has 0 aromatic rings. The monoisotopic (exact) mass is 240 g/mol. The van der Waals surface area contributed by atoms with Crippen molar-refractivity contribution in [3.8, 4) is 0 Å². The number of piperidine rings is 1. The highest BCUT2D eigenvalue weighted by Gasteiger charge is 2.28. The number of carbonyl (C=O) groups excluding carboxylic acids is 1. The van der Waals surface area contributed by atoms with Crippen LogP contribution in [0.25, 0.3) is 0 Å². The molecule has 0 aliphatic carbocycles. The van der Waals surface area contributed by atoms with Gasteiger partial charge in [0.1, 0.15) is 0 Å². The Kier molecular flexibility index (Phi) is 4.40. The Morgan fingerprint density at radius 3 is 2.59 bits per heavy atom. The van der Waals surface area contributed by atoms with Crippen molar-refractivity contribution in [2.45, 2.75) is 38.7 Å². The lowest BCUT2D eigenvalue weighted by Gasteiger charge is -2.28. The molecule has 2 rings (SSSR count). The lowest BCUT2D eigenvalue weighted by atomic mass is 10.0. The van der Waals surface area contributed by atoms with Gasteiger partial charge in [-0.1, -0.05) is 0 Å². The first-order valence-electron chi connectivity index (χ1n) is 6.85. The average molecular weight is 240 g/mol. The summed E-state index contributed by atoms with van der Waals surface area (Å²) in [6.45, 7) is 6.09. The molecule has 4 nitrogen and oxygen atoms in total. The van der Waals surface area contributed by atoms with Gasteiger partial charge in [0.25, 0.3) is 0 Å². The minimum absolute atomic E-state index is 0.245. The van der Waals surface area contributed by atoms with E-state index in [4.69, 9.17) is 0 Å². The number of likely N-dealkylation sites (tertiary alicyclic amines) is 2. The van der Waals surface area contributed by atoms with Gasteiger partial charge >= 0.3 is 0 Å². The summed E-state index contributed by atoms with van der Waals surface area (Å²) < 4.78 is 0. The molecule has 1 N–H and O–H groups in total. The van der Waals surface area contributed by atoms with Crippen LogP contribution in [0.5, 0.6) is 0 Å². The van der Waals surface area contributed by atoms with Crippen LogP contribution in [0, 0.1) is 5.92 Å². The Morgan fingerprint density at radius 2 is 2.00 bits per heavy atom. The Morgan fingerprint density at radius 1 is 1.29 bits per heavy atom. The highest BCUT2D eigenvalue weighted by Crippen LogP contribution is 2.19. The van der Waals surface area contributed by atoms with E-state index in [1.54, 1.807) is 0 Å². The van der Waals surface area contributed by atoms with Gasteiger partial charge in [0.2, 0.25) is 5.91 Å². The third-order valence-corrected chi connectivity index (χ3v) is 4.06. The number of aliphatic hydroxyl groups is 1. The molecule has 0 bridgehead atoms. The topological polar surface area (TPSA) is 43.8 Å². The molecule has 2 atom stereocenters. The molecule has 17 heavy (non-hydrogen) atoms. The van der Waals surface area contributed by atoms with Gasteiger partial charge in [0.05, 0.1) is 12.6 Å². The molecule has 2 aliphatic rings. The molecule has 2 saturated heterocycles. The summed E-state index contributed by atoms with van der Waals surface area (Å²) in [5.74, 6) is 0.625. The van der Waals surface area contributed by atoms with E-state index >= 15 is 0 Å². The minimum Gasteiger partial charge on any atom is -0.393 e. The number of carbonyl (C=O) groups is 1. The summed E-state index contributed by atoms with van der Waals surface area (Å²) in [6.07, 6.45) is 4.34. The predicted molar refractivity (Wildman–Crippen MR) is 66.7 cm³/mol. The van der Waals surface area contributed by atoms with Crippen molar-refractivity contribution in [3.05, 3.63) is 0 Å². The zero-order valence-corrected chi connectivity index (χ0v) is 10.8. The van der Waals surface area contributed by atoms with Gasteiger partial charge in [-0.3, -0.25) is 9.69 Å². The van der Waals surface area contributed by atoms with Crippen LogP contribution in [0.1, 0.15) is 32.6 Å². The Bertz CT molecular complexity index is 262. The normalized spacial score (nSPS) is 28.4. The van der Waals surface area contributed by atoms with Crippen LogP contribution in [0.15, 0.2) is 0 Å². The van der Waals surface area contributed by atoms with E-state index in [-0.39, 0.29) is 12.0 Å². The van der Waals surface area contributed by atoms with Gasteiger partial charge in [-0.2, -0.15) is 0 Å². The average Bonchev–Trinajstić information content (AvgIpc) is 2.79. The number of amides is 1. The Balaban J connectivity index is 1.75. The van der Waals surface area contributed by atoms with Crippen molar-refractivity contribution in [2.75, 3.05) is 32.7 Å². The quantitative estimate of drug-likeness (QED) is 0.790. The first kappa shape index (κ1) is 12.8. The molecule has 0 radical (unpaired) electrons. The van der Waals surface area contributed by atoms with Crippen LogP contribution < -0.4 is 0 Å². The van der Waals surface area contributed by atoms with Gasteiger partial charge in [-0.15, -0.1) is 0 Å². The third-order valence-electron chi connectivity index (χ3n) is 4.06. The fraction of sp³-hybridized carbons (Fsp3) is 0.923. The molecular weight excluding hydrogens is 216 g/mol. The maximum atomic E-state index is 12.1. The largest absolute Gasteiger partial charge is 0.393 e. The molecule has 2 heterocycles. The standard InChI is InChI=1S/C13H24N2O2/c1-11(16)12-5-8-14(9-12)10-13(17)15-6-3-2-4-7-15/h11-12,16H,2-10H2,1H3. The zero-order chi connectivity index (χ0) is 12.3. The molecule has 0 saturated carbocycles. The molecule has 98 valence electrons. The van der Waals surface area contributed by atoms with Gasteiger partial charge in [-0.25, -0.2) is 0 Å². The van der Waals surface area contributed by atoms with Gasteiger partial charge in [0.15, 0.2) is 0 Å². The maximum absolute atomic E-state index is 12.1. The molecule has 1 amide bonds. The van der Waals surface area contributed by atoms with Gasteiger partial charge < -0.3 is 10.0 Å². The van der Waals surface area contributed by atoms with Gasteiger partial charge in [-0.05, 0) is 45.1 Å². The molecule has 0 aromatic carbocycles. The SMILES string of the molecule is CC(O)C1CCN(CC(=O)N2CCCCC2)C1. The smallest absolute Gasteiger partial charge is 0.236 e. The van der Waals surface area contributed by atoms with E-state index in [1.165, 1.54) is 6.42 Å². The fourth-order valence-corrected chi connectivity index (χ4v) is 2.83. The highest BCUT2D eigenvalue weighted by atomic mass is 16.3. The lowest BCUT2D eigenvalue weighted by molar-refractivity contribution is -0.133. The highest BCUT2D eigenvalue weighted by molar-refractivity contribution is 5.78. The summed E-state index contributed by atoms with van der Waals surface area (Å²) >= 11 is 0. The van der Waals surface area contributed by atoms with Crippen LogP contribution >= 0.6 is 0 Å². The second kappa shape index (κ2) is 5.83. The first-order valence-corrected chi connectivity index (χ1v) is 6.85. The van der Waals surface area contributed by atoms with E-state index in [0.29, 0.717) is 12.5 Å². The third kappa shape index (κ3) is 3.42. The predicted octanol–water partition coefficient (Wildman–Crippen LogP) is 0.702. The molecule has 4 heteroatoms. The van der Waals surface area contributed by atoms with Crippen molar-refractivity contribution >= 4 is 5.91 Å². The summed E-state index contributed by atoms with van der Waals surface area (Å²) in [6, 6.07) is 0. The van der Waals surface area contributed by atoms with E-state index in [0.717, 1.165) is 45.4 Å². The van der Waals surface area contributed by atoms with Crippen LogP contribution in [-0.2, 0) is 4.79 Å². The number of aliphatic hydroxyl groups excluding tert-OH is 1. The number of hydrogen-bond acceptors (Lipinski definition) is 3. The zero-order valence-electron chi connectivity index (χ0n) is 10.8. The molecule has 0 spiro atoms. The van der Waals surface area contributed by atoms with Crippen molar-refractivity contribution < 1.29 is 9.90 Å². The Hall–Kier alpha value is -0.610. The molecule has 0 aromatic heterocycles. The maximum Gasteiger partial charge on any atom is 0.236 e. The van der Waals surface area contributed by atoms with Crippen molar-refractivity contribution in [1.29, 1.82) is 0 Å². The summed E-state index contributed by atoms with van der Waals surface area (Å²) in [5.41, 5.74) is 0. The van der Waals surface area contributed by atoms with E-state index in [9.17, 15) is 9.90 Å². The number of hydrogen-bond donors (Lipinski definition) is 1. The van der Waals surface area contributed by atoms with E-state index in [2.05, 4.69) is 4.90 Å². The molecule has 2 aliphatic heterocycles. The number of rotatable bonds is 3. The molecular formula is C13H24N2O2. The number of nitrogens with zero attached hydrogens (tertiary/aromatic N) is 2. The first-order chi connectivity index (χ1) is 8.16. The van der Waals surface area contributed by atoms with Crippen molar-refractivity contribution in [3.63, 3.8) is 0 Å². The van der Waals surface area contributed by atoms with Crippen molar-refractivity contribution in [2.24, 2.45) is 5.92 Å². The minimum atomic E-state index is -0.245. The van der Waals surface area contributed by atoms with Crippen LogP contribution in [0.2, 0.25) is 0 Å². The van der Waals surface area contributed by atoms with Crippen LogP contribution in [-0.4, -0.2) is 59.6 Å².